The minimum absolute atomic E-state index is 0.0227. The third kappa shape index (κ3) is 1.75. The molecule has 1 heterocycles. The number of nitro benzene ring substituents is 1. The molecule has 0 aromatic heterocycles. The Labute approximate surface area is 105 Å². The van der Waals surface area contributed by atoms with Gasteiger partial charge in [0.15, 0.2) is 11.5 Å². The fraction of sp³-hybridized carbons (Fsp3) is 0.333. The Bertz CT molecular complexity index is 525. The molecule has 0 bridgehead atoms. The molecule has 1 aromatic carbocycles. The average molecular weight is 250 g/mol. The molecule has 1 aliphatic rings. The van der Waals surface area contributed by atoms with Crippen LogP contribution in [0.5, 0.6) is 11.5 Å². The van der Waals surface area contributed by atoms with Crippen molar-refractivity contribution in [1.29, 1.82) is 0 Å². The van der Waals surface area contributed by atoms with E-state index in [2.05, 4.69) is 0 Å². The zero-order valence-corrected chi connectivity index (χ0v) is 10.5. The number of rotatable bonds is 3. The van der Waals surface area contributed by atoms with Gasteiger partial charge < -0.3 is 14.4 Å². The summed E-state index contributed by atoms with van der Waals surface area (Å²) in [6, 6.07) is 1.40. The van der Waals surface area contributed by atoms with Gasteiger partial charge in [-0.15, -0.1) is 0 Å². The van der Waals surface area contributed by atoms with Crippen molar-refractivity contribution in [1.82, 2.24) is 0 Å². The van der Waals surface area contributed by atoms with Gasteiger partial charge in [-0.2, -0.15) is 0 Å². The van der Waals surface area contributed by atoms with E-state index in [9.17, 15) is 10.1 Å². The highest BCUT2D eigenvalue weighted by Gasteiger charge is 2.28. The first kappa shape index (κ1) is 12.2. The van der Waals surface area contributed by atoms with Crippen molar-refractivity contribution in [2.75, 3.05) is 32.7 Å². The smallest absolute Gasteiger partial charge is 0.297 e. The fourth-order valence-corrected chi connectivity index (χ4v) is 2.11. The van der Waals surface area contributed by atoms with Crippen molar-refractivity contribution < 1.29 is 14.4 Å². The molecular formula is C12H14N2O4. The SMILES string of the molecule is COc1cc([N+](=O)[O-])c2c(c1OC)C=CCN2C. The molecule has 18 heavy (non-hydrogen) atoms. The first-order valence-corrected chi connectivity index (χ1v) is 5.41. The Morgan fingerprint density at radius 2 is 2.11 bits per heavy atom. The van der Waals surface area contributed by atoms with Crippen LogP contribution in [0.1, 0.15) is 5.56 Å². The summed E-state index contributed by atoms with van der Waals surface area (Å²) in [6.07, 6.45) is 3.75. The Morgan fingerprint density at radius 3 is 2.67 bits per heavy atom. The summed E-state index contributed by atoms with van der Waals surface area (Å²) in [5.41, 5.74) is 1.26. The molecule has 2 rings (SSSR count). The zero-order valence-electron chi connectivity index (χ0n) is 10.5. The largest absolute Gasteiger partial charge is 0.493 e. The summed E-state index contributed by atoms with van der Waals surface area (Å²) in [4.78, 5) is 12.6. The van der Waals surface area contributed by atoms with Gasteiger partial charge in [0.05, 0.1) is 30.8 Å². The van der Waals surface area contributed by atoms with Gasteiger partial charge in [-0.25, -0.2) is 0 Å². The molecule has 0 spiro atoms. The predicted octanol–water partition coefficient (Wildman–Crippen LogP) is 2.08. The molecule has 1 aromatic rings. The highest BCUT2D eigenvalue weighted by Crippen LogP contribution is 2.46. The van der Waals surface area contributed by atoms with E-state index in [1.165, 1.54) is 20.3 Å². The molecule has 6 heteroatoms. The van der Waals surface area contributed by atoms with Crippen LogP contribution >= 0.6 is 0 Å². The van der Waals surface area contributed by atoms with E-state index >= 15 is 0 Å². The Hall–Kier alpha value is -2.24. The number of benzene rings is 1. The van der Waals surface area contributed by atoms with Crippen LogP contribution < -0.4 is 14.4 Å². The van der Waals surface area contributed by atoms with Gasteiger partial charge in [0.25, 0.3) is 5.69 Å². The highest BCUT2D eigenvalue weighted by atomic mass is 16.6. The maximum Gasteiger partial charge on any atom is 0.297 e. The van der Waals surface area contributed by atoms with Gasteiger partial charge in [0.1, 0.15) is 5.69 Å². The van der Waals surface area contributed by atoms with Gasteiger partial charge in [0, 0.05) is 13.6 Å². The highest BCUT2D eigenvalue weighted by molar-refractivity contribution is 5.85. The lowest BCUT2D eigenvalue weighted by Crippen LogP contribution is -2.22. The normalized spacial score (nSPS) is 13.2. The molecule has 0 atom stereocenters. The molecule has 0 fully saturated rings. The minimum atomic E-state index is -0.406. The lowest BCUT2D eigenvalue weighted by Gasteiger charge is -2.25. The van der Waals surface area contributed by atoms with E-state index in [0.29, 0.717) is 29.3 Å². The standard InChI is InChI=1S/C12H14N2O4/c1-13-6-4-5-8-11(13)9(14(15)16)7-10(17-2)12(8)18-3/h4-5,7H,6H2,1-3H3. The second kappa shape index (κ2) is 4.56. The Kier molecular flexibility index (Phi) is 3.10. The van der Waals surface area contributed by atoms with Gasteiger partial charge in [-0.05, 0) is 0 Å². The number of methoxy groups -OCH3 is 2. The van der Waals surface area contributed by atoms with Crippen molar-refractivity contribution in [3.05, 3.63) is 27.8 Å². The quantitative estimate of drug-likeness (QED) is 0.607. The van der Waals surface area contributed by atoms with E-state index in [-0.39, 0.29) is 5.69 Å². The topological polar surface area (TPSA) is 64.8 Å². The monoisotopic (exact) mass is 250 g/mol. The molecule has 96 valence electrons. The third-order valence-electron chi connectivity index (χ3n) is 2.90. The minimum Gasteiger partial charge on any atom is -0.493 e. The van der Waals surface area contributed by atoms with E-state index in [0.717, 1.165) is 0 Å². The first-order chi connectivity index (χ1) is 8.60. The number of hydrogen-bond acceptors (Lipinski definition) is 5. The van der Waals surface area contributed by atoms with Crippen molar-refractivity contribution in [2.24, 2.45) is 0 Å². The summed E-state index contributed by atoms with van der Waals surface area (Å²) >= 11 is 0. The average Bonchev–Trinajstić information content (AvgIpc) is 2.36. The van der Waals surface area contributed by atoms with Crippen LogP contribution in [-0.2, 0) is 0 Å². The van der Waals surface area contributed by atoms with Gasteiger partial charge >= 0.3 is 0 Å². The van der Waals surface area contributed by atoms with Gasteiger partial charge in [-0.1, -0.05) is 12.2 Å². The molecule has 0 amide bonds. The Balaban J connectivity index is 2.79. The molecule has 0 aliphatic carbocycles. The molecule has 0 saturated carbocycles. The maximum atomic E-state index is 11.1. The molecule has 0 radical (unpaired) electrons. The lowest BCUT2D eigenvalue weighted by molar-refractivity contribution is -0.384. The van der Waals surface area contributed by atoms with Crippen LogP contribution in [0.3, 0.4) is 0 Å². The summed E-state index contributed by atoms with van der Waals surface area (Å²) < 4.78 is 10.4. The number of nitro groups is 1. The van der Waals surface area contributed by atoms with Crippen LogP contribution in [0, 0.1) is 10.1 Å². The molecule has 0 unspecified atom stereocenters. The first-order valence-electron chi connectivity index (χ1n) is 5.41. The molecular weight excluding hydrogens is 236 g/mol. The van der Waals surface area contributed by atoms with Crippen molar-refractivity contribution in [2.45, 2.75) is 0 Å². The van der Waals surface area contributed by atoms with E-state index in [4.69, 9.17) is 9.47 Å². The molecule has 0 saturated heterocycles. The van der Waals surface area contributed by atoms with E-state index in [1.807, 2.05) is 17.1 Å². The summed E-state index contributed by atoms with van der Waals surface area (Å²) in [5, 5.41) is 11.1. The fourth-order valence-electron chi connectivity index (χ4n) is 2.11. The van der Waals surface area contributed by atoms with Crippen LogP contribution in [0.2, 0.25) is 0 Å². The molecule has 0 N–H and O–H groups in total. The van der Waals surface area contributed by atoms with Crippen LogP contribution in [0.25, 0.3) is 6.08 Å². The molecule has 6 nitrogen and oxygen atoms in total. The second-order valence-corrected chi connectivity index (χ2v) is 3.93. The zero-order chi connectivity index (χ0) is 13.3. The maximum absolute atomic E-state index is 11.1. The number of anilines is 1. The number of likely N-dealkylation sites (N-methyl/N-ethyl adjacent to an activating group) is 1. The second-order valence-electron chi connectivity index (χ2n) is 3.93. The predicted molar refractivity (Wildman–Crippen MR) is 68.5 cm³/mol. The van der Waals surface area contributed by atoms with Crippen molar-refractivity contribution >= 4 is 17.5 Å². The van der Waals surface area contributed by atoms with E-state index in [1.54, 1.807) is 7.05 Å². The third-order valence-corrected chi connectivity index (χ3v) is 2.90. The number of nitrogens with zero attached hydrogens (tertiary/aromatic N) is 2. The summed E-state index contributed by atoms with van der Waals surface area (Å²) in [6.45, 7) is 0.628. The van der Waals surface area contributed by atoms with Crippen LogP contribution in [0.15, 0.2) is 12.1 Å². The number of hydrogen-bond donors (Lipinski definition) is 0. The van der Waals surface area contributed by atoms with Crippen molar-refractivity contribution in [3.63, 3.8) is 0 Å². The van der Waals surface area contributed by atoms with E-state index < -0.39 is 4.92 Å². The number of ether oxygens (including phenoxy) is 2. The molecule has 1 aliphatic heterocycles. The summed E-state index contributed by atoms with van der Waals surface area (Å²) in [7, 11) is 4.79. The van der Waals surface area contributed by atoms with Crippen LogP contribution in [-0.4, -0.2) is 32.7 Å². The van der Waals surface area contributed by atoms with Crippen LogP contribution in [0.4, 0.5) is 11.4 Å². The van der Waals surface area contributed by atoms with Crippen molar-refractivity contribution in [3.8, 4) is 11.5 Å². The number of fused-ring (bicyclic) bond motifs is 1. The van der Waals surface area contributed by atoms with Gasteiger partial charge in [0.2, 0.25) is 0 Å². The Morgan fingerprint density at radius 1 is 1.39 bits per heavy atom. The lowest BCUT2D eigenvalue weighted by atomic mass is 10.0. The van der Waals surface area contributed by atoms with Gasteiger partial charge in [-0.3, -0.25) is 10.1 Å². The summed E-state index contributed by atoms with van der Waals surface area (Å²) in [5.74, 6) is 0.879.